The molecule has 0 saturated carbocycles. The van der Waals surface area contributed by atoms with Gasteiger partial charge in [0, 0.05) is 70.2 Å². The van der Waals surface area contributed by atoms with Crippen LogP contribution in [0, 0.1) is 0 Å². The number of benzene rings is 8. The van der Waals surface area contributed by atoms with Crippen LogP contribution in [0.3, 0.4) is 0 Å². The zero-order chi connectivity index (χ0) is 46.2. The van der Waals surface area contributed by atoms with Gasteiger partial charge in [0.05, 0.1) is 19.4 Å². The van der Waals surface area contributed by atoms with Gasteiger partial charge in [-0.2, -0.15) is 0 Å². The van der Waals surface area contributed by atoms with Gasteiger partial charge in [0.15, 0.2) is 17.5 Å². The van der Waals surface area contributed by atoms with Gasteiger partial charge in [-0.3, -0.25) is 0 Å². The van der Waals surface area contributed by atoms with Gasteiger partial charge >= 0.3 is 0 Å². The molecular formula is C57H38N4S. The molecule has 3 aromatic heterocycles. The molecule has 0 fully saturated rings. The lowest BCUT2D eigenvalue weighted by Crippen LogP contribution is -2.06. The summed E-state index contributed by atoms with van der Waals surface area (Å²) in [5.74, 6) is 1.40. The van der Waals surface area contributed by atoms with Crippen LogP contribution in [0.2, 0.25) is 0 Å². The highest BCUT2D eigenvalue weighted by molar-refractivity contribution is 7.26. The number of hydrogen-bond donors (Lipinski definition) is 0. The molecule has 0 unspecified atom stereocenters. The first-order valence-electron chi connectivity index (χ1n) is 23.7. The Morgan fingerprint density at radius 1 is 0.484 bits per heavy atom. The number of hydrogen-bond acceptors (Lipinski definition) is 4. The van der Waals surface area contributed by atoms with Crippen molar-refractivity contribution in [3.05, 3.63) is 211 Å². The molecule has 0 atom stereocenters. The smallest absolute Gasteiger partial charge is 0.164 e. The van der Waals surface area contributed by atoms with Gasteiger partial charge in [-0.05, 0) is 65.9 Å². The third kappa shape index (κ3) is 6.17. The van der Waals surface area contributed by atoms with Crippen molar-refractivity contribution in [1.29, 1.82) is 0 Å². The zero-order valence-corrected chi connectivity index (χ0v) is 34.1. The van der Waals surface area contributed by atoms with Crippen molar-refractivity contribution in [2.24, 2.45) is 0 Å². The van der Waals surface area contributed by atoms with E-state index in [-0.39, 0.29) is 41.6 Å². The summed E-state index contributed by atoms with van der Waals surface area (Å²) in [4.78, 5) is 15.2. The minimum Gasteiger partial charge on any atom is -0.312 e. The molecule has 11 aromatic rings. The molecule has 8 aromatic carbocycles. The molecule has 4 nitrogen and oxygen atoms in total. The molecule has 0 amide bonds. The molecule has 5 heteroatoms. The van der Waals surface area contributed by atoms with Crippen LogP contribution in [0.4, 0.5) is 0 Å². The molecule has 62 heavy (non-hydrogen) atoms. The van der Waals surface area contributed by atoms with Crippen molar-refractivity contribution in [2.45, 2.75) is 12.8 Å². The Balaban J connectivity index is 1.23. The third-order valence-corrected chi connectivity index (χ3v) is 12.8. The summed E-state index contributed by atoms with van der Waals surface area (Å²) >= 11 is 1.23. The average molecular weight is 817 g/mol. The Kier molecular flexibility index (Phi) is 7.37. The predicted octanol–water partition coefficient (Wildman–Crippen LogP) is 15.1. The Morgan fingerprint density at radius 3 is 1.79 bits per heavy atom. The molecule has 12 rings (SSSR count). The fraction of sp³-hybridized carbons (Fsp3) is 0.0351. The molecule has 1 aliphatic carbocycles. The van der Waals surface area contributed by atoms with Gasteiger partial charge in [0.1, 0.15) is 0 Å². The Labute approximate surface area is 372 Å². The van der Waals surface area contributed by atoms with Crippen LogP contribution in [-0.4, -0.2) is 19.5 Å². The second-order valence-corrected chi connectivity index (χ2v) is 16.4. The first-order valence-corrected chi connectivity index (χ1v) is 21.5. The lowest BCUT2D eigenvalue weighted by atomic mass is 9.94. The molecule has 292 valence electrons. The molecule has 0 N–H and O–H groups in total. The van der Waals surface area contributed by atoms with Crippen LogP contribution in [0.1, 0.15) is 25.9 Å². The van der Waals surface area contributed by atoms with Crippen LogP contribution in [0.15, 0.2) is 200 Å². The second-order valence-electron chi connectivity index (χ2n) is 15.4. The highest BCUT2D eigenvalue weighted by Gasteiger charge is 2.26. The predicted molar refractivity (Wildman–Crippen MR) is 260 cm³/mol. The van der Waals surface area contributed by atoms with E-state index in [0.717, 1.165) is 74.1 Å². The normalized spacial score (nSPS) is 13.7. The lowest BCUT2D eigenvalue weighted by molar-refractivity contribution is 0.889. The first kappa shape index (κ1) is 30.3. The minimum absolute atomic E-state index is 0.0608. The summed E-state index contributed by atoms with van der Waals surface area (Å²) < 4.78 is 58.4. The standard InChI is InChI=1S/C57H38N4S/c1-5-18-37(19-6-1)42-35-47(38-20-7-2-8-21-38)53-49(36-42)43-26-13-15-30-50(43)61(53)51-33-32-41(34-48(51)46-29-17-28-45-44-27-14-16-31-52(44)62-54(45)46)57-59-55(39-22-9-3-10-23-39)58-56(60-57)40-24-11-4-12-25-40/h1-14,16-29,31-36H,15,30H2/i14D,17D,27D,28D,29D,31D. The van der Waals surface area contributed by atoms with Crippen LogP contribution in [-0.2, 0) is 6.42 Å². The van der Waals surface area contributed by atoms with E-state index in [1.165, 1.54) is 17.4 Å². The highest BCUT2D eigenvalue weighted by Crippen LogP contribution is 2.47. The molecule has 0 saturated heterocycles. The number of nitrogens with zero attached hydrogens (tertiary/aromatic N) is 4. The van der Waals surface area contributed by atoms with Crippen molar-refractivity contribution < 1.29 is 8.22 Å². The van der Waals surface area contributed by atoms with E-state index < -0.39 is 0 Å². The minimum atomic E-state index is -0.303. The summed E-state index contributed by atoms with van der Waals surface area (Å²) in [7, 11) is 0. The van der Waals surface area contributed by atoms with Gasteiger partial charge < -0.3 is 4.57 Å². The topological polar surface area (TPSA) is 43.6 Å². The van der Waals surface area contributed by atoms with E-state index >= 15 is 0 Å². The van der Waals surface area contributed by atoms with Gasteiger partial charge in [-0.15, -0.1) is 11.3 Å². The van der Waals surface area contributed by atoms with E-state index in [1.54, 1.807) is 0 Å². The fourth-order valence-electron chi connectivity index (χ4n) is 8.81. The number of allylic oxidation sites excluding steroid dienone is 1. The quantitative estimate of drug-likeness (QED) is 0.161. The highest BCUT2D eigenvalue weighted by atomic mass is 32.1. The van der Waals surface area contributed by atoms with Crippen molar-refractivity contribution in [3.8, 4) is 73.2 Å². The molecule has 0 aliphatic heterocycles. The Morgan fingerprint density at radius 2 is 1.10 bits per heavy atom. The van der Waals surface area contributed by atoms with Gasteiger partial charge in [-0.1, -0.05) is 170 Å². The van der Waals surface area contributed by atoms with E-state index in [2.05, 4.69) is 83.4 Å². The SMILES string of the molecule is [2H]c1cc([2H])c2sc3c(-c4cc(-c5nc(-c6ccccc6)nc(-c6ccccc6)n5)ccc4-n4c5c(c6cc(-c7ccccc7)cc(-c7ccccc7)c64)C=CCC5)c([2H])c([2H])c([2H])c3c2c1[2H]. The molecule has 0 spiro atoms. The zero-order valence-electron chi connectivity index (χ0n) is 39.3. The largest absolute Gasteiger partial charge is 0.312 e. The second kappa shape index (κ2) is 15.1. The van der Waals surface area contributed by atoms with Crippen molar-refractivity contribution in [2.75, 3.05) is 0 Å². The van der Waals surface area contributed by atoms with E-state index in [9.17, 15) is 4.11 Å². The van der Waals surface area contributed by atoms with Gasteiger partial charge in [-0.25, -0.2) is 15.0 Å². The number of fused-ring (bicyclic) bond motifs is 6. The number of thiophene rings is 1. The molecule has 0 radical (unpaired) electrons. The summed E-state index contributed by atoms with van der Waals surface area (Å²) in [5.41, 5.74) is 11.5. The summed E-state index contributed by atoms with van der Waals surface area (Å²) in [6.07, 6.45) is 6.00. The van der Waals surface area contributed by atoms with Crippen LogP contribution >= 0.6 is 11.3 Å². The summed E-state index contributed by atoms with van der Waals surface area (Å²) in [6.45, 7) is 0. The maximum atomic E-state index is 9.83. The summed E-state index contributed by atoms with van der Waals surface area (Å²) in [6, 6.07) is 51.5. The van der Waals surface area contributed by atoms with E-state index in [1.807, 2.05) is 84.9 Å². The Bertz CT molecular complexity index is 3800. The lowest BCUT2D eigenvalue weighted by Gasteiger charge is -2.20. The summed E-state index contributed by atoms with van der Waals surface area (Å²) in [5, 5.41) is 1.65. The van der Waals surface area contributed by atoms with Gasteiger partial charge in [0.25, 0.3) is 0 Å². The monoisotopic (exact) mass is 816 g/mol. The Hall–Kier alpha value is -7.73. The fourth-order valence-corrected chi connectivity index (χ4v) is 9.91. The van der Waals surface area contributed by atoms with Crippen LogP contribution in [0.25, 0.3) is 110 Å². The number of aromatic nitrogens is 4. The third-order valence-electron chi connectivity index (χ3n) is 11.7. The maximum absolute atomic E-state index is 9.83. The van der Waals surface area contributed by atoms with Gasteiger partial charge in [0.2, 0.25) is 0 Å². The average Bonchev–Trinajstić information content (AvgIpc) is 3.95. The molecule has 0 bridgehead atoms. The van der Waals surface area contributed by atoms with E-state index in [0.29, 0.717) is 48.9 Å². The van der Waals surface area contributed by atoms with Crippen molar-refractivity contribution in [3.63, 3.8) is 0 Å². The maximum Gasteiger partial charge on any atom is 0.164 e. The first-order chi connectivity index (χ1) is 33.2. The van der Waals surface area contributed by atoms with E-state index in [4.69, 9.17) is 19.1 Å². The van der Waals surface area contributed by atoms with Crippen molar-refractivity contribution in [1.82, 2.24) is 19.5 Å². The van der Waals surface area contributed by atoms with Crippen molar-refractivity contribution >= 4 is 48.5 Å². The number of rotatable bonds is 7. The molecular weight excluding hydrogens is 773 g/mol. The molecule has 1 aliphatic rings. The van der Waals surface area contributed by atoms with Crippen LogP contribution < -0.4 is 0 Å². The van der Waals surface area contributed by atoms with Crippen LogP contribution in [0.5, 0.6) is 0 Å². The molecule has 3 heterocycles.